The summed E-state index contributed by atoms with van der Waals surface area (Å²) < 4.78 is 28.6. The minimum Gasteiger partial charge on any atom is -0.337 e. The maximum atomic E-state index is 12.7. The van der Waals surface area contributed by atoms with Crippen molar-refractivity contribution in [2.45, 2.75) is 44.1 Å². The van der Waals surface area contributed by atoms with Gasteiger partial charge in [0, 0.05) is 46.0 Å². The quantitative estimate of drug-likeness (QED) is 0.815. The lowest BCUT2D eigenvalue weighted by atomic mass is 9.65. The van der Waals surface area contributed by atoms with E-state index in [0.29, 0.717) is 37.4 Å². The van der Waals surface area contributed by atoms with Gasteiger partial charge in [0.15, 0.2) is 5.03 Å². The molecule has 1 aromatic heterocycles. The van der Waals surface area contributed by atoms with E-state index in [4.69, 9.17) is 0 Å². The lowest BCUT2D eigenvalue weighted by molar-refractivity contribution is 0.0961. The van der Waals surface area contributed by atoms with Crippen LogP contribution in [0.3, 0.4) is 0 Å². The molecule has 3 fully saturated rings. The summed E-state index contributed by atoms with van der Waals surface area (Å²) in [6, 6.07) is -0.0624. The molecule has 1 aliphatic heterocycles. The van der Waals surface area contributed by atoms with Gasteiger partial charge in [0.05, 0.1) is 0 Å². The van der Waals surface area contributed by atoms with Gasteiger partial charge >= 0.3 is 6.03 Å². The second kappa shape index (κ2) is 6.77. The van der Waals surface area contributed by atoms with Gasteiger partial charge in [-0.05, 0) is 43.9 Å². The number of hydrogen-bond donors (Lipinski definition) is 1. The van der Waals surface area contributed by atoms with Crippen molar-refractivity contribution in [1.29, 1.82) is 0 Å². The number of urea groups is 1. The summed E-state index contributed by atoms with van der Waals surface area (Å²) in [6.07, 6.45) is 7.88. The Morgan fingerprint density at radius 2 is 1.93 bits per heavy atom. The molecule has 1 N–H and O–H groups in total. The number of imidazole rings is 1. The van der Waals surface area contributed by atoms with Crippen LogP contribution in [-0.2, 0) is 17.1 Å². The third-order valence-corrected chi connectivity index (χ3v) is 8.37. The number of carbonyl (C=O) groups is 1. The Morgan fingerprint density at radius 3 is 2.41 bits per heavy atom. The fourth-order valence-corrected chi connectivity index (χ4v) is 5.78. The van der Waals surface area contributed by atoms with Crippen LogP contribution in [0.4, 0.5) is 4.79 Å². The number of nitrogens with zero attached hydrogens (tertiary/aromatic N) is 4. The lowest BCUT2D eigenvalue weighted by Gasteiger charge is -2.43. The molecule has 0 bridgehead atoms. The maximum Gasteiger partial charge on any atom is 0.317 e. The number of sulfonamides is 1. The first-order valence-electron chi connectivity index (χ1n) is 9.85. The molecule has 4 rings (SSSR count). The summed E-state index contributed by atoms with van der Waals surface area (Å²) in [5, 5.41) is 3.20. The van der Waals surface area contributed by atoms with Gasteiger partial charge in [0.25, 0.3) is 10.0 Å². The summed E-state index contributed by atoms with van der Waals surface area (Å²) in [4.78, 5) is 18.4. The number of rotatable bonds is 5. The van der Waals surface area contributed by atoms with Crippen molar-refractivity contribution in [3.05, 3.63) is 12.0 Å². The van der Waals surface area contributed by atoms with Crippen molar-refractivity contribution in [3.63, 3.8) is 0 Å². The van der Waals surface area contributed by atoms with Crippen LogP contribution >= 0.6 is 0 Å². The highest BCUT2D eigenvalue weighted by Crippen LogP contribution is 2.56. The number of amides is 2. The molecule has 0 spiro atoms. The Balaban J connectivity index is 1.31. The molecule has 0 unspecified atom stereocenters. The predicted molar refractivity (Wildman–Crippen MR) is 101 cm³/mol. The van der Waals surface area contributed by atoms with Crippen LogP contribution in [0.5, 0.6) is 0 Å². The summed E-state index contributed by atoms with van der Waals surface area (Å²) in [5.41, 5.74) is 0.345. The molecule has 150 valence electrons. The molecule has 1 saturated heterocycles. The largest absolute Gasteiger partial charge is 0.337 e. The first kappa shape index (κ1) is 18.7. The Bertz CT molecular complexity index is 799. The standard InChI is InChI=1S/C18H29N5O3S/c1-14-20-16(12-21(14)2)27(25,26)23-10-8-22(9-11-23)17(24)19-13-18(6-3-7-18)15-4-5-15/h12,15H,3-11,13H2,1-2H3,(H,19,24). The molecule has 2 aliphatic carbocycles. The number of aryl methyl sites for hydroxylation is 2. The highest BCUT2D eigenvalue weighted by molar-refractivity contribution is 7.89. The van der Waals surface area contributed by atoms with Crippen molar-refractivity contribution in [2.24, 2.45) is 18.4 Å². The highest BCUT2D eigenvalue weighted by atomic mass is 32.2. The van der Waals surface area contributed by atoms with Crippen molar-refractivity contribution in [2.75, 3.05) is 32.7 Å². The van der Waals surface area contributed by atoms with E-state index < -0.39 is 10.0 Å². The molecule has 9 heteroatoms. The Labute approximate surface area is 161 Å². The zero-order valence-electron chi connectivity index (χ0n) is 16.1. The van der Waals surface area contributed by atoms with Gasteiger partial charge < -0.3 is 14.8 Å². The molecule has 1 aromatic rings. The minimum atomic E-state index is -3.60. The molecule has 0 atom stereocenters. The molecule has 8 nitrogen and oxygen atoms in total. The van der Waals surface area contributed by atoms with Crippen LogP contribution in [0.25, 0.3) is 0 Å². The van der Waals surface area contributed by atoms with Gasteiger partial charge in [-0.15, -0.1) is 0 Å². The van der Waals surface area contributed by atoms with Gasteiger partial charge in [-0.1, -0.05) is 6.42 Å². The molecular formula is C18H29N5O3S. The number of carbonyl (C=O) groups excluding carboxylic acids is 1. The molecule has 2 saturated carbocycles. The van der Waals surface area contributed by atoms with Crippen LogP contribution in [0.1, 0.15) is 37.9 Å². The van der Waals surface area contributed by atoms with E-state index >= 15 is 0 Å². The topological polar surface area (TPSA) is 87.5 Å². The van der Waals surface area contributed by atoms with Crippen LogP contribution < -0.4 is 5.32 Å². The summed E-state index contributed by atoms with van der Waals surface area (Å²) >= 11 is 0. The van der Waals surface area contributed by atoms with E-state index in [1.165, 1.54) is 36.4 Å². The van der Waals surface area contributed by atoms with E-state index in [2.05, 4.69) is 10.3 Å². The van der Waals surface area contributed by atoms with Crippen molar-refractivity contribution >= 4 is 16.1 Å². The van der Waals surface area contributed by atoms with Crippen molar-refractivity contribution < 1.29 is 13.2 Å². The van der Waals surface area contributed by atoms with Gasteiger partial charge in [0.1, 0.15) is 5.82 Å². The van der Waals surface area contributed by atoms with Crippen molar-refractivity contribution in [3.8, 4) is 0 Å². The molecule has 2 amide bonds. The molecule has 3 aliphatic rings. The second-order valence-electron chi connectivity index (χ2n) is 8.28. The first-order valence-corrected chi connectivity index (χ1v) is 11.3. The van der Waals surface area contributed by atoms with Gasteiger partial charge in [0.2, 0.25) is 0 Å². The van der Waals surface area contributed by atoms with E-state index in [9.17, 15) is 13.2 Å². The fraction of sp³-hybridized carbons (Fsp3) is 0.778. The average molecular weight is 396 g/mol. The second-order valence-corrected chi connectivity index (χ2v) is 10.2. The molecule has 2 heterocycles. The van der Waals surface area contributed by atoms with E-state index in [0.717, 1.165) is 12.5 Å². The van der Waals surface area contributed by atoms with Gasteiger partial charge in [-0.2, -0.15) is 4.31 Å². The molecule has 27 heavy (non-hydrogen) atoms. The normalized spacial score (nSPS) is 23.1. The van der Waals surface area contributed by atoms with Crippen molar-refractivity contribution in [1.82, 2.24) is 24.1 Å². The van der Waals surface area contributed by atoms with Gasteiger partial charge in [-0.3, -0.25) is 0 Å². The number of hydrogen-bond acceptors (Lipinski definition) is 4. The van der Waals surface area contributed by atoms with Gasteiger partial charge in [-0.25, -0.2) is 18.2 Å². The summed E-state index contributed by atoms with van der Waals surface area (Å²) in [5.74, 6) is 1.46. The Hall–Kier alpha value is -1.61. The van der Waals surface area contributed by atoms with E-state index in [-0.39, 0.29) is 11.1 Å². The van der Waals surface area contributed by atoms with Crippen LogP contribution in [0.15, 0.2) is 11.2 Å². The van der Waals surface area contributed by atoms with Crippen LogP contribution in [0.2, 0.25) is 0 Å². The van der Waals surface area contributed by atoms with Crippen LogP contribution in [0, 0.1) is 18.3 Å². The Morgan fingerprint density at radius 1 is 1.26 bits per heavy atom. The fourth-order valence-electron chi connectivity index (χ4n) is 4.33. The number of aromatic nitrogens is 2. The summed E-state index contributed by atoms with van der Waals surface area (Å²) in [7, 11) is -1.83. The van der Waals surface area contributed by atoms with E-state index in [1.54, 1.807) is 29.6 Å². The minimum absolute atomic E-state index is 0.0624. The predicted octanol–water partition coefficient (Wildman–Crippen LogP) is 1.32. The maximum absolute atomic E-state index is 12.7. The number of nitrogens with one attached hydrogen (secondary N) is 1. The Kier molecular flexibility index (Phi) is 4.70. The lowest BCUT2D eigenvalue weighted by Crippen LogP contribution is -2.55. The third kappa shape index (κ3) is 3.47. The zero-order valence-corrected chi connectivity index (χ0v) is 17.0. The highest BCUT2D eigenvalue weighted by Gasteiger charge is 2.49. The molecular weight excluding hydrogens is 366 g/mol. The monoisotopic (exact) mass is 395 g/mol. The first-order chi connectivity index (χ1) is 12.8. The number of piperazine rings is 1. The SMILES string of the molecule is Cc1nc(S(=O)(=O)N2CCN(C(=O)NCC3(C4CC4)CCC3)CC2)cn1C. The van der Waals surface area contributed by atoms with Crippen LogP contribution in [-0.4, -0.2) is 65.9 Å². The average Bonchev–Trinajstić information content (AvgIpc) is 3.39. The zero-order chi connectivity index (χ0) is 19.2. The smallest absolute Gasteiger partial charge is 0.317 e. The molecule has 0 radical (unpaired) electrons. The molecule has 0 aromatic carbocycles. The summed E-state index contributed by atoms with van der Waals surface area (Å²) in [6.45, 7) is 3.97. The third-order valence-electron chi connectivity index (χ3n) is 6.60. The van der Waals surface area contributed by atoms with E-state index in [1.807, 2.05) is 0 Å².